The molecule has 2 amide bonds. The van der Waals surface area contributed by atoms with Gasteiger partial charge in [0, 0.05) is 0 Å². The Morgan fingerprint density at radius 3 is 1.44 bits per heavy atom. The van der Waals surface area contributed by atoms with Crippen LogP contribution in [0.25, 0.3) is 0 Å². The molecule has 0 saturated carbocycles. The van der Waals surface area contributed by atoms with Crippen LogP contribution in [0.1, 0.15) is 13.8 Å². The highest BCUT2D eigenvalue weighted by atomic mass is 16.7. The number of benzene rings is 2. The Balaban J connectivity index is 1.54. The first-order valence-electron chi connectivity index (χ1n) is 8.63. The highest BCUT2D eigenvalue weighted by Crippen LogP contribution is 2.57. The molecule has 3 heterocycles. The summed E-state index contributed by atoms with van der Waals surface area (Å²) >= 11 is 0. The van der Waals surface area contributed by atoms with Crippen molar-refractivity contribution in [1.82, 2.24) is 0 Å². The van der Waals surface area contributed by atoms with Crippen molar-refractivity contribution in [3.63, 3.8) is 0 Å². The fraction of sp³-hybridized carbons (Fsp3) is 0.200. The number of carbonyl (C=O) groups excluding carboxylic acids is 2. The Hall–Kier alpha value is -3.32. The Morgan fingerprint density at radius 1 is 0.704 bits per heavy atom. The molecule has 134 valence electrons. The Morgan fingerprint density at radius 2 is 1.07 bits per heavy atom. The van der Waals surface area contributed by atoms with Crippen molar-refractivity contribution in [1.29, 1.82) is 0 Å². The lowest BCUT2D eigenvalue weighted by Crippen LogP contribution is -2.48. The molecule has 3 aliphatic rings. The van der Waals surface area contributed by atoms with Crippen molar-refractivity contribution in [2.45, 2.75) is 25.0 Å². The molecular formula is C20H16N4O3. The summed E-state index contributed by atoms with van der Waals surface area (Å²) in [6.07, 6.45) is 0. The number of fused-ring (bicyclic) bond motifs is 1. The van der Waals surface area contributed by atoms with E-state index in [1.807, 2.05) is 36.4 Å². The van der Waals surface area contributed by atoms with Crippen LogP contribution >= 0.6 is 0 Å². The van der Waals surface area contributed by atoms with Gasteiger partial charge in [-0.2, -0.15) is 20.2 Å². The van der Waals surface area contributed by atoms with Gasteiger partial charge in [-0.05, 0) is 38.1 Å². The number of hydrogen-bond acceptors (Lipinski definition) is 5. The number of rotatable bonds is 2. The standard InChI is InChI=1S/C20H16N4O3/c1-13-19(17(25)23(21-13)15-9-5-3-6-10-15)20(27-19)14(2)22-24(18(20)26)16-11-7-4-8-12-16/h3-12H,1-2H3/t19-,20+. The summed E-state index contributed by atoms with van der Waals surface area (Å²) in [4.78, 5) is 26.5. The van der Waals surface area contributed by atoms with Gasteiger partial charge < -0.3 is 4.74 Å². The Labute approximate surface area is 155 Å². The minimum Gasteiger partial charge on any atom is -0.329 e. The van der Waals surface area contributed by atoms with Gasteiger partial charge in [-0.3, -0.25) is 9.59 Å². The zero-order valence-electron chi connectivity index (χ0n) is 14.8. The zero-order chi connectivity index (χ0) is 18.8. The second-order valence-electron chi connectivity index (χ2n) is 6.74. The van der Waals surface area contributed by atoms with Gasteiger partial charge in [0.15, 0.2) is 0 Å². The van der Waals surface area contributed by atoms with Gasteiger partial charge in [0.1, 0.15) is 0 Å². The topological polar surface area (TPSA) is 77.9 Å². The molecule has 0 bridgehead atoms. The van der Waals surface area contributed by atoms with Crippen LogP contribution < -0.4 is 10.0 Å². The minimum absolute atomic E-state index is 0.371. The highest BCUT2D eigenvalue weighted by molar-refractivity contribution is 6.38. The molecule has 0 radical (unpaired) electrons. The predicted octanol–water partition coefficient (Wildman–Crippen LogP) is 2.34. The number of para-hydroxylation sites is 2. The highest BCUT2D eigenvalue weighted by Gasteiger charge is 2.87. The van der Waals surface area contributed by atoms with Crippen molar-refractivity contribution in [2.75, 3.05) is 10.0 Å². The average Bonchev–Trinajstić information content (AvgIpc) is 3.29. The summed E-state index contributed by atoms with van der Waals surface area (Å²) in [6.45, 7) is 3.42. The number of anilines is 2. The van der Waals surface area contributed by atoms with Crippen LogP contribution in [0.4, 0.5) is 11.4 Å². The van der Waals surface area contributed by atoms with Crippen LogP contribution in [0.3, 0.4) is 0 Å². The molecule has 0 aromatic heterocycles. The molecule has 2 spiro atoms. The van der Waals surface area contributed by atoms with Crippen LogP contribution in [0.5, 0.6) is 0 Å². The van der Waals surface area contributed by atoms with Gasteiger partial charge in [0.05, 0.1) is 22.8 Å². The molecule has 7 heteroatoms. The number of amides is 2. The molecule has 2 aromatic carbocycles. The minimum atomic E-state index is -1.42. The fourth-order valence-electron chi connectivity index (χ4n) is 3.88. The van der Waals surface area contributed by atoms with Crippen LogP contribution in [-0.2, 0) is 14.3 Å². The number of hydrogen-bond donors (Lipinski definition) is 0. The molecule has 0 unspecified atom stereocenters. The first-order valence-corrected chi connectivity index (χ1v) is 8.63. The van der Waals surface area contributed by atoms with E-state index in [1.54, 1.807) is 38.1 Å². The number of hydrazone groups is 2. The Bertz CT molecular complexity index is 950. The van der Waals surface area contributed by atoms with E-state index in [2.05, 4.69) is 10.2 Å². The molecule has 0 aliphatic carbocycles. The lowest BCUT2D eigenvalue weighted by atomic mass is 9.85. The third-order valence-corrected chi connectivity index (χ3v) is 5.27. The van der Waals surface area contributed by atoms with Crippen molar-refractivity contribution < 1.29 is 14.3 Å². The van der Waals surface area contributed by atoms with Crippen LogP contribution in [0.2, 0.25) is 0 Å². The van der Waals surface area contributed by atoms with Crippen molar-refractivity contribution in [2.24, 2.45) is 10.2 Å². The first kappa shape index (κ1) is 15.9. The molecule has 2 atom stereocenters. The molecule has 27 heavy (non-hydrogen) atoms. The number of carbonyl (C=O) groups is 2. The van der Waals surface area contributed by atoms with Gasteiger partial charge in [-0.1, -0.05) is 36.4 Å². The normalized spacial score (nSPS) is 29.0. The van der Waals surface area contributed by atoms with Crippen LogP contribution in [0.15, 0.2) is 70.9 Å². The molecule has 5 rings (SSSR count). The molecule has 3 aliphatic heterocycles. The molecule has 0 N–H and O–H groups in total. The lowest BCUT2D eigenvalue weighted by molar-refractivity contribution is -0.122. The average molecular weight is 360 g/mol. The number of ether oxygens (including phenoxy) is 1. The van der Waals surface area contributed by atoms with Crippen molar-refractivity contribution in [3.05, 3.63) is 60.7 Å². The summed E-state index contributed by atoms with van der Waals surface area (Å²) in [6, 6.07) is 18.2. The molecule has 1 saturated heterocycles. The van der Waals surface area contributed by atoms with E-state index in [0.717, 1.165) is 0 Å². The lowest BCUT2D eigenvalue weighted by Gasteiger charge is -2.15. The van der Waals surface area contributed by atoms with E-state index in [1.165, 1.54) is 10.0 Å². The van der Waals surface area contributed by atoms with Crippen LogP contribution in [-0.4, -0.2) is 34.4 Å². The third-order valence-electron chi connectivity index (χ3n) is 5.27. The largest absolute Gasteiger partial charge is 0.329 e. The maximum absolute atomic E-state index is 13.3. The van der Waals surface area contributed by atoms with E-state index in [0.29, 0.717) is 22.8 Å². The molecule has 2 aromatic rings. The van der Waals surface area contributed by atoms with Gasteiger partial charge in [-0.15, -0.1) is 0 Å². The van der Waals surface area contributed by atoms with Gasteiger partial charge in [-0.25, -0.2) is 0 Å². The zero-order valence-corrected chi connectivity index (χ0v) is 14.8. The molecule has 7 nitrogen and oxygen atoms in total. The summed E-state index contributed by atoms with van der Waals surface area (Å²) in [5.74, 6) is -0.743. The van der Waals surface area contributed by atoms with Crippen molar-refractivity contribution >= 4 is 34.6 Å². The van der Waals surface area contributed by atoms with E-state index in [4.69, 9.17) is 4.74 Å². The summed E-state index contributed by atoms with van der Waals surface area (Å²) < 4.78 is 5.92. The van der Waals surface area contributed by atoms with E-state index >= 15 is 0 Å². The van der Waals surface area contributed by atoms with E-state index < -0.39 is 11.2 Å². The van der Waals surface area contributed by atoms with Gasteiger partial charge in [0.2, 0.25) is 11.2 Å². The third kappa shape index (κ3) is 1.79. The van der Waals surface area contributed by atoms with Gasteiger partial charge in [0.25, 0.3) is 11.8 Å². The second kappa shape index (κ2) is 5.11. The quantitative estimate of drug-likeness (QED) is 0.771. The first-order chi connectivity index (χ1) is 13.0. The van der Waals surface area contributed by atoms with E-state index in [9.17, 15) is 9.59 Å². The van der Waals surface area contributed by atoms with Crippen molar-refractivity contribution in [3.8, 4) is 0 Å². The van der Waals surface area contributed by atoms with Crippen LogP contribution in [0, 0.1) is 0 Å². The predicted molar refractivity (Wildman–Crippen MR) is 101 cm³/mol. The summed E-state index contributed by atoms with van der Waals surface area (Å²) in [5.41, 5.74) is -0.675. The monoisotopic (exact) mass is 360 g/mol. The number of epoxide rings is 1. The maximum atomic E-state index is 13.3. The fourth-order valence-corrected chi connectivity index (χ4v) is 3.88. The molecule has 1 fully saturated rings. The smallest absolute Gasteiger partial charge is 0.289 e. The molecular weight excluding hydrogens is 344 g/mol. The maximum Gasteiger partial charge on any atom is 0.289 e. The summed E-state index contributed by atoms with van der Waals surface area (Å²) in [7, 11) is 0. The Kier molecular flexibility index (Phi) is 3.01. The summed E-state index contributed by atoms with van der Waals surface area (Å²) in [5, 5.41) is 11.4. The van der Waals surface area contributed by atoms with Gasteiger partial charge >= 0.3 is 0 Å². The number of nitrogens with zero attached hydrogens (tertiary/aromatic N) is 4. The van der Waals surface area contributed by atoms with E-state index in [-0.39, 0.29) is 11.8 Å². The SMILES string of the molecule is CC1=NN(c2ccccc2)C(=O)[C@@]12O[C@]21C(=O)N(c2ccccc2)N=C1C. The second-order valence-corrected chi connectivity index (χ2v) is 6.74.